The fourth-order valence-electron chi connectivity index (χ4n) is 2.19. The van der Waals surface area contributed by atoms with Crippen LogP contribution in [0.3, 0.4) is 0 Å². The molecular formula is C14H20N2O4S. The molecule has 1 aliphatic heterocycles. The summed E-state index contributed by atoms with van der Waals surface area (Å²) < 4.78 is 31.9. The number of carbonyl (C=O) groups is 1. The van der Waals surface area contributed by atoms with Crippen LogP contribution in [0.1, 0.15) is 13.8 Å². The highest BCUT2D eigenvalue weighted by molar-refractivity contribution is 7.89. The lowest BCUT2D eigenvalue weighted by molar-refractivity contribution is -0.129. The first kappa shape index (κ1) is 15.9. The summed E-state index contributed by atoms with van der Waals surface area (Å²) in [4.78, 5) is 12.4. The van der Waals surface area contributed by atoms with Gasteiger partial charge in [0.05, 0.1) is 18.1 Å². The van der Waals surface area contributed by atoms with Crippen LogP contribution in [0.5, 0.6) is 0 Å². The summed E-state index contributed by atoms with van der Waals surface area (Å²) in [5.41, 5.74) is 0. The lowest BCUT2D eigenvalue weighted by Gasteiger charge is -2.33. The van der Waals surface area contributed by atoms with Gasteiger partial charge in [0.1, 0.15) is 6.04 Å². The Hall–Kier alpha value is -1.44. The van der Waals surface area contributed by atoms with Crippen LogP contribution in [-0.4, -0.2) is 50.5 Å². The Kier molecular flexibility index (Phi) is 4.97. The highest BCUT2D eigenvalue weighted by atomic mass is 32.2. The molecule has 1 aliphatic rings. The zero-order chi connectivity index (χ0) is 15.5. The van der Waals surface area contributed by atoms with Crippen LogP contribution in [0, 0.1) is 0 Å². The predicted octanol–water partition coefficient (Wildman–Crippen LogP) is 0.601. The van der Waals surface area contributed by atoms with Crippen molar-refractivity contribution in [2.24, 2.45) is 0 Å². The first-order valence-electron chi connectivity index (χ1n) is 6.88. The maximum atomic E-state index is 12.7. The largest absolute Gasteiger partial charge is 0.378 e. The molecule has 1 amide bonds. The Morgan fingerprint density at radius 3 is 2.62 bits per heavy atom. The normalized spacial score (nSPS) is 20.4. The van der Waals surface area contributed by atoms with E-state index < -0.39 is 16.1 Å². The summed E-state index contributed by atoms with van der Waals surface area (Å²) in [6.45, 7) is 4.20. The number of amides is 1. The minimum Gasteiger partial charge on any atom is -0.378 e. The van der Waals surface area contributed by atoms with Gasteiger partial charge in [0.2, 0.25) is 15.9 Å². The number of hydrogen-bond donors (Lipinski definition) is 1. The Morgan fingerprint density at radius 2 is 2.00 bits per heavy atom. The van der Waals surface area contributed by atoms with Crippen molar-refractivity contribution in [1.29, 1.82) is 0 Å². The van der Waals surface area contributed by atoms with Crippen LogP contribution < -0.4 is 5.32 Å². The zero-order valence-corrected chi connectivity index (χ0v) is 13.0. The molecule has 21 heavy (non-hydrogen) atoms. The lowest BCUT2D eigenvalue weighted by atomic mass is 10.2. The highest BCUT2D eigenvalue weighted by Crippen LogP contribution is 2.20. The Morgan fingerprint density at radius 1 is 1.33 bits per heavy atom. The highest BCUT2D eigenvalue weighted by Gasteiger charge is 2.38. The van der Waals surface area contributed by atoms with Gasteiger partial charge in [0.25, 0.3) is 0 Å². The van der Waals surface area contributed by atoms with Gasteiger partial charge >= 0.3 is 0 Å². The molecule has 0 spiro atoms. The molecule has 1 aromatic carbocycles. The number of morpholine rings is 1. The van der Waals surface area contributed by atoms with E-state index in [2.05, 4.69) is 5.32 Å². The average molecular weight is 312 g/mol. The van der Waals surface area contributed by atoms with Crippen LogP contribution in [0.4, 0.5) is 0 Å². The van der Waals surface area contributed by atoms with Crippen molar-refractivity contribution in [3.63, 3.8) is 0 Å². The van der Waals surface area contributed by atoms with Crippen molar-refractivity contribution < 1.29 is 17.9 Å². The second-order valence-corrected chi connectivity index (χ2v) is 7.07. The third-order valence-electron chi connectivity index (χ3n) is 3.16. The van der Waals surface area contributed by atoms with Crippen molar-refractivity contribution in [2.75, 3.05) is 19.8 Å². The van der Waals surface area contributed by atoms with E-state index in [1.807, 2.05) is 13.8 Å². The first-order chi connectivity index (χ1) is 9.93. The average Bonchev–Trinajstić information content (AvgIpc) is 2.47. The van der Waals surface area contributed by atoms with E-state index >= 15 is 0 Å². The van der Waals surface area contributed by atoms with E-state index in [9.17, 15) is 13.2 Å². The van der Waals surface area contributed by atoms with E-state index in [1.54, 1.807) is 18.2 Å². The molecule has 1 aromatic rings. The monoisotopic (exact) mass is 312 g/mol. The number of carbonyl (C=O) groups excluding carboxylic acids is 1. The van der Waals surface area contributed by atoms with Crippen LogP contribution in [0.15, 0.2) is 35.2 Å². The second kappa shape index (κ2) is 6.55. The van der Waals surface area contributed by atoms with E-state index in [-0.39, 0.29) is 36.6 Å². The van der Waals surface area contributed by atoms with Crippen molar-refractivity contribution in [3.8, 4) is 0 Å². The van der Waals surface area contributed by atoms with Crippen molar-refractivity contribution in [1.82, 2.24) is 9.62 Å². The standard InChI is InChI=1S/C14H20N2O4S/c1-11(2)15-14(17)13-10-20-9-8-16(13)21(18,19)12-6-4-3-5-7-12/h3-7,11,13H,8-10H2,1-2H3,(H,15,17). The summed E-state index contributed by atoms with van der Waals surface area (Å²) >= 11 is 0. The molecule has 0 bridgehead atoms. The maximum Gasteiger partial charge on any atom is 0.243 e. The SMILES string of the molecule is CC(C)NC(=O)C1COCCN1S(=O)(=O)c1ccccc1. The fourth-order valence-corrected chi connectivity index (χ4v) is 3.77. The smallest absolute Gasteiger partial charge is 0.243 e. The van der Waals surface area contributed by atoms with E-state index in [4.69, 9.17) is 4.74 Å². The topological polar surface area (TPSA) is 75.7 Å². The van der Waals surface area contributed by atoms with E-state index in [0.29, 0.717) is 0 Å². The third kappa shape index (κ3) is 3.61. The van der Waals surface area contributed by atoms with E-state index in [0.717, 1.165) is 0 Å². The number of rotatable bonds is 4. The van der Waals surface area contributed by atoms with Gasteiger partial charge in [-0.3, -0.25) is 4.79 Å². The molecule has 0 radical (unpaired) electrons. The third-order valence-corrected chi connectivity index (χ3v) is 5.09. The molecule has 0 aliphatic carbocycles. The summed E-state index contributed by atoms with van der Waals surface area (Å²) in [6.07, 6.45) is 0. The molecule has 2 rings (SSSR count). The molecule has 1 unspecified atom stereocenters. The fraction of sp³-hybridized carbons (Fsp3) is 0.500. The quantitative estimate of drug-likeness (QED) is 0.883. The van der Waals surface area contributed by atoms with Gasteiger partial charge in [-0.2, -0.15) is 4.31 Å². The molecule has 0 saturated carbocycles. The van der Waals surface area contributed by atoms with E-state index in [1.165, 1.54) is 16.4 Å². The molecular weight excluding hydrogens is 292 g/mol. The minimum atomic E-state index is -3.70. The van der Waals surface area contributed by atoms with Crippen molar-refractivity contribution in [3.05, 3.63) is 30.3 Å². The number of nitrogens with zero attached hydrogens (tertiary/aromatic N) is 1. The van der Waals surface area contributed by atoms with Crippen LogP contribution in [0.25, 0.3) is 0 Å². The van der Waals surface area contributed by atoms with Crippen molar-refractivity contribution >= 4 is 15.9 Å². The molecule has 1 atom stereocenters. The number of hydrogen-bond acceptors (Lipinski definition) is 4. The summed E-state index contributed by atoms with van der Waals surface area (Å²) in [5, 5.41) is 2.74. The first-order valence-corrected chi connectivity index (χ1v) is 8.32. The molecule has 7 heteroatoms. The van der Waals surface area contributed by atoms with Gasteiger partial charge in [0, 0.05) is 12.6 Å². The Labute approximate surface area is 125 Å². The molecule has 6 nitrogen and oxygen atoms in total. The second-order valence-electron chi connectivity index (χ2n) is 5.18. The predicted molar refractivity (Wildman–Crippen MR) is 78.2 cm³/mol. The molecule has 1 saturated heterocycles. The lowest BCUT2D eigenvalue weighted by Crippen LogP contribution is -2.56. The Balaban J connectivity index is 2.28. The number of benzene rings is 1. The molecule has 116 valence electrons. The Bertz CT molecular complexity index is 586. The molecule has 0 aromatic heterocycles. The number of ether oxygens (including phenoxy) is 1. The number of sulfonamides is 1. The van der Waals surface area contributed by atoms with Gasteiger partial charge < -0.3 is 10.1 Å². The van der Waals surface area contributed by atoms with Gasteiger partial charge in [-0.15, -0.1) is 0 Å². The summed E-state index contributed by atoms with van der Waals surface area (Å²) in [5.74, 6) is -0.329. The van der Waals surface area contributed by atoms with Crippen molar-refractivity contribution in [2.45, 2.75) is 30.8 Å². The molecule has 1 N–H and O–H groups in total. The van der Waals surface area contributed by atoms with Gasteiger partial charge in [0.15, 0.2) is 0 Å². The van der Waals surface area contributed by atoms with Crippen LogP contribution in [0.2, 0.25) is 0 Å². The van der Waals surface area contributed by atoms with Crippen LogP contribution in [-0.2, 0) is 19.6 Å². The molecule has 1 heterocycles. The summed E-state index contributed by atoms with van der Waals surface area (Å²) in [6, 6.07) is 7.26. The van der Waals surface area contributed by atoms with Crippen LogP contribution >= 0.6 is 0 Å². The number of nitrogens with one attached hydrogen (secondary N) is 1. The van der Waals surface area contributed by atoms with Gasteiger partial charge in [-0.25, -0.2) is 8.42 Å². The maximum absolute atomic E-state index is 12.7. The molecule has 1 fully saturated rings. The van der Waals surface area contributed by atoms with Gasteiger partial charge in [-0.05, 0) is 26.0 Å². The minimum absolute atomic E-state index is 0.0549. The van der Waals surface area contributed by atoms with Gasteiger partial charge in [-0.1, -0.05) is 18.2 Å². The zero-order valence-electron chi connectivity index (χ0n) is 12.2. The summed E-state index contributed by atoms with van der Waals surface area (Å²) in [7, 11) is -3.70.